The summed E-state index contributed by atoms with van der Waals surface area (Å²) in [7, 11) is 1.78. The maximum Gasteiger partial charge on any atom is 0.236 e. The van der Waals surface area contributed by atoms with Crippen LogP contribution in [-0.4, -0.2) is 47.9 Å². The van der Waals surface area contributed by atoms with Gasteiger partial charge in [-0.25, -0.2) is 0 Å². The van der Waals surface area contributed by atoms with Crippen molar-refractivity contribution in [2.45, 2.75) is 51.6 Å². The molecule has 0 bridgehead atoms. The number of rotatable bonds is 4. The van der Waals surface area contributed by atoms with E-state index in [-0.39, 0.29) is 5.91 Å². The second-order valence-electron chi connectivity index (χ2n) is 5.02. The predicted octanol–water partition coefficient (Wildman–Crippen LogP) is 1.62. The Hall–Kier alpha value is -1.08. The van der Waals surface area contributed by atoms with E-state index in [1.165, 1.54) is 19.3 Å². The second-order valence-corrected chi connectivity index (χ2v) is 5.02. The number of amides is 1. The Morgan fingerprint density at radius 1 is 1.41 bits per heavy atom. The van der Waals surface area contributed by atoms with Gasteiger partial charge in [0.15, 0.2) is 0 Å². The molecule has 1 aliphatic heterocycles. The van der Waals surface area contributed by atoms with Crippen molar-refractivity contribution in [3.63, 3.8) is 0 Å². The Morgan fingerprint density at radius 3 is 2.53 bits per heavy atom. The molecule has 4 heteroatoms. The van der Waals surface area contributed by atoms with Crippen molar-refractivity contribution < 1.29 is 4.79 Å². The summed E-state index contributed by atoms with van der Waals surface area (Å²) in [5, 5.41) is 8.50. The average Bonchev–Trinajstić information content (AvgIpc) is 2.30. The SMILES string of the molecule is CC1CCCC(C)N1CC(=O)N(C)CCC#N. The zero-order valence-corrected chi connectivity index (χ0v) is 11.1. The van der Waals surface area contributed by atoms with Crippen LogP contribution in [0.1, 0.15) is 39.5 Å². The van der Waals surface area contributed by atoms with E-state index in [0.717, 1.165) is 0 Å². The molecule has 1 saturated heterocycles. The number of likely N-dealkylation sites (tertiary alicyclic amines) is 1. The number of hydrogen-bond donors (Lipinski definition) is 0. The fourth-order valence-corrected chi connectivity index (χ4v) is 2.41. The zero-order chi connectivity index (χ0) is 12.8. The molecule has 1 aliphatic rings. The van der Waals surface area contributed by atoms with E-state index in [2.05, 4.69) is 24.8 Å². The summed E-state index contributed by atoms with van der Waals surface area (Å²) in [6, 6.07) is 3.05. The molecule has 1 heterocycles. The number of hydrogen-bond acceptors (Lipinski definition) is 3. The van der Waals surface area contributed by atoms with Crippen molar-refractivity contribution in [1.82, 2.24) is 9.80 Å². The molecule has 96 valence electrons. The molecule has 1 amide bonds. The van der Waals surface area contributed by atoms with Crippen molar-refractivity contribution in [3.05, 3.63) is 0 Å². The van der Waals surface area contributed by atoms with Gasteiger partial charge in [0.25, 0.3) is 0 Å². The molecule has 2 atom stereocenters. The van der Waals surface area contributed by atoms with Gasteiger partial charge in [-0.2, -0.15) is 5.26 Å². The van der Waals surface area contributed by atoms with Crippen LogP contribution in [0.3, 0.4) is 0 Å². The number of piperidine rings is 1. The third-order valence-corrected chi connectivity index (χ3v) is 3.68. The standard InChI is InChI=1S/C13H23N3O/c1-11-6-4-7-12(2)16(11)10-13(17)15(3)9-5-8-14/h11-12H,4-7,9-10H2,1-3H3. The van der Waals surface area contributed by atoms with E-state index >= 15 is 0 Å². The highest BCUT2D eigenvalue weighted by atomic mass is 16.2. The Bertz CT molecular complexity index is 288. The van der Waals surface area contributed by atoms with Gasteiger partial charge in [-0.05, 0) is 26.7 Å². The number of likely N-dealkylation sites (N-methyl/N-ethyl adjacent to an activating group) is 1. The fraction of sp³-hybridized carbons (Fsp3) is 0.846. The van der Waals surface area contributed by atoms with Crippen LogP contribution < -0.4 is 0 Å². The van der Waals surface area contributed by atoms with Crippen LogP contribution in [0.15, 0.2) is 0 Å². The molecular formula is C13H23N3O. The van der Waals surface area contributed by atoms with Gasteiger partial charge in [-0.3, -0.25) is 9.69 Å². The van der Waals surface area contributed by atoms with E-state index in [1.807, 2.05) is 0 Å². The van der Waals surface area contributed by atoms with Crippen LogP contribution in [0.5, 0.6) is 0 Å². The molecule has 0 radical (unpaired) electrons. The van der Waals surface area contributed by atoms with Crippen LogP contribution in [0.2, 0.25) is 0 Å². The molecule has 1 fully saturated rings. The topological polar surface area (TPSA) is 47.3 Å². The van der Waals surface area contributed by atoms with Gasteiger partial charge in [-0.1, -0.05) is 6.42 Å². The van der Waals surface area contributed by atoms with Gasteiger partial charge in [-0.15, -0.1) is 0 Å². The minimum Gasteiger partial charge on any atom is -0.344 e. The smallest absolute Gasteiger partial charge is 0.236 e. The summed E-state index contributed by atoms with van der Waals surface area (Å²) in [6.07, 6.45) is 4.03. The molecule has 0 aliphatic carbocycles. The van der Waals surface area contributed by atoms with Crippen LogP contribution in [0.25, 0.3) is 0 Å². The van der Waals surface area contributed by atoms with E-state index < -0.39 is 0 Å². The van der Waals surface area contributed by atoms with Crippen LogP contribution >= 0.6 is 0 Å². The summed E-state index contributed by atoms with van der Waals surface area (Å²) in [6.45, 7) is 5.41. The fourth-order valence-electron chi connectivity index (χ4n) is 2.41. The number of nitrogens with zero attached hydrogens (tertiary/aromatic N) is 3. The Balaban J connectivity index is 2.46. The van der Waals surface area contributed by atoms with E-state index in [9.17, 15) is 4.79 Å². The van der Waals surface area contributed by atoms with Crippen molar-refractivity contribution in [2.75, 3.05) is 20.1 Å². The maximum atomic E-state index is 12.0. The van der Waals surface area contributed by atoms with Crippen LogP contribution in [0.4, 0.5) is 0 Å². The lowest BCUT2D eigenvalue weighted by Gasteiger charge is -2.39. The molecule has 17 heavy (non-hydrogen) atoms. The van der Waals surface area contributed by atoms with E-state index in [0.29, 0.717) is 31.6 Å². The van der Waals surface area contributed by atoms with Crippen molar-refractivity contribution in [1.29, 1.82) is 5.26 Å². The van der Waals surface area contributed by atoms with Crippen molar-refractivity contribution in [3.8, 4) is 6.07 Å². The first-order valence-electron chi connectivity index (χ1n) is 6.43. The predicted molar refractivity (Wildman–Crippen MR) is 67.3 cm³/mol. The summed E-state index contributed by atoms with van der Waals surface area (Å²) >= 11 is 0. The van der Waals surface area contributed by atoms with E-state index in [1.54, 1.807) is 11.9 Å². The molecular weight excluding hydrogens is 214 g/mol. The first-order chi connectivity index (χ1) is 8.06. The summed E-state index contributed by atoms with van der Waals surface area (Å²) < 4.78 is 0. The first-order valence-corrected chi connectivity index (χ1v) is 6.43. The normalized spacial score (nSPS) is 25.3. The maximum absolute atomic E-state index is 12.0. The highest BCUT2D eigenvalue weighted by Crippen LogP contribution is 2.22. The molecule has 0 aromatic carbocycles. The average molecular weight is 237 g/mol. The molecule has 2 unspecified atom stereocenters. The molecule has 0 spiro atoms. The Kier molecular flexibility index (Phi) is 5.43. The van der Waals surface area contributed by atoms with Gasteiger partial charge in [0.2, 0.25) is 5.91 Å². The lowest BCUT2D eigenvalue weighted by molar-refractivity contribution is -0.132. The lowest BCUT2D eigenvalue weighted by Crippen LogP contribution is -2.49. The van der Waals surface area contributed by atoms with Gasteiger partial charge in [0, 0.05) is 25.7 Å². The zero-order valence-electron chi connectivity index (χ0n) is 11.1. The third-order valence-electron chi connectivity index (χ3n) is 3.68. The molecule has 0 N–H and O–H groups in total. The van der Waals surface area contributed by atoms with Gasteiger partial charge < -0.3 is 4.90 Å². The summed E-state index contributed by atoms with van der Waals surface area (Å²) in [5.74, 6) is 0.126. The van der Waals surface area contributed by atoms with Gasteiger partial charge in [0.05, 0.1) is 19.0 Å². The molecule has 0 aromatic heterocycles. The quantitative estimate of drug-likeness (QED) is 0.746. The molecule has 4 nitrogen and oxygen atoms in total. The number of nitriles is 1. The largest absolute Gasteiger partial charge is 0.344 e. The Morgan fingerprint density at radius 2 is 2.00 bits per heavy atom. The lowest BCUT2D eigenvalue weighted by atomic mass is 9.97. The van der Waals surface area contributed by atoms with Gasteiger partial charge >= 0.3 is 0 Å². The molecule has 0 aromatic rings. The number of carbonyl (C=O) groups excluding carboxylic acids is 1. The monoisotopic (exact) mass is 237 g/mol. The minimum atomic E-state index is 0.126. The highest BCUT2D eigenvalue weighted by Gasteiger charge is 2.27. The van der Waals surface area contributed by atoms with Crippen molar-refractivity contribution in [2.24, 2.45) is 0 Å². The third kappa shape index (κ3) is 4.01. The summed E-state index contributed by atoms with van der Waals surface area (Å²) in [4.78, 5) is 15.9. The van der Waals surface area contributed by atoms with Crippen LogP contribution in [-0.2, 0) is 4.79 Å². The first kappa shape index (κ1) is 14.0. The van der Waals surface area contributed by atoms with E-state index in [4.69, 9.17) is 5.26 Å². The number of carbonyl (C=O) groups is 1. The van der Waals surface area contributed by atoms with Gasteiger partial charge in [0.1, 0.15) is 0 Å². The summed E-state index contributed by atoms with van der Waals surface area (Å²) in [5.41, 5.74) is 0. The highest BCUT2D eigenvalue weighted by molar-refractivity contribution is 5.78. The van der Waals surface area contributed by atoms with Crippen molar-refractivity contribution >= 4 is 5.91 Å². The molecule has 0 saturated carbocycles. The second kappa shape index (κ2) is 6.61. The minimum absolute atomic E-state index is 0.126. The molecule has 1 rings (SSSR count). The Labute approximate surface area is 104 Å². The van der Waals surface area contributed by atoms with Crippen LogP contribution in [0, 0.1) is 11.3 Å².